The number of carbonyl (C=O) groups is 2. The van der Waals surface area contributed by atoms with Crippen LogP contribution in [0, 0.1) is 17.8 Å². The molecule has 1 amide bonds. The van der Waals surface area contributed by atoms with Crippen molar-refractivity contribution in [2.24, 2.45) is 17.8 Å². The van der Waals surface area contributed by atoms with Gasteiger partial charge in [-0.2, -0.15) is 0 Å². The Morgan fingerprint density at radius 3 is 2.64 bits per heavy atom. The summed E-state index contributed by atoms with van der Waals surface area (Å²) in [7, 11) is 0. The van der Waals surface area contributed by atoms with Crippen LogP contribution < -0.4 is 5.32 Å². The molecule has 4 nitrogen and oxygen atoms in total. The first-order valence-electron chi connectivity index (χ1n) is 8.97. The largest absolute Gasteiger partial charge is 0.302 e. The van der Waals surface area contributed by atoms with Crippen LogP contribution in [0.5, 0.6) is 0 Å². The third kappa shape index (κ3) is 3.38. The second-order valence-corrected chi connectivity index (χ2v) is 8.31. The fourth-order valence-corrected chi connectivity index (χ4v) is 5.34. The van der Waals surface area contributed by atoms with Crippen LogP contribution in [0.4, 0.5) is 5.13 Å². The molecule has 2 aliphatic carbocycles. The molecule has 2 aliphatic rings. The van der Waals surface area contributed by atoms with Gasteiger partial charge in [0.15, 0.2) is 10.9 Å². The first kappa shape index (κ1) is 16.5. The Labute approximate surface area is 151 Å². The number of hydrogen-bond acceptors (Lipinski definition) is 4. The summed E-state index contributed by atoms with van der Waals surface area (Å²) in [5.41, 5.74) is 1.56. The van der Waals surface area contributed by atoms with Crippen molar-refractivity contribution in [1.82, 2.24) is 4.98 Å². The minimum atomic E-state index is -0.0232. The van der Waals surface area contributed by atoms with Gasteiger partial charge in [0.1, 0.15) is 0 Å². The van der Waals surface area contributed by atoms with E-state index in [1.165, 1.54) is 37.0 Å². The van der Waals surface area contributed by atoms with Gasteiger partial charge in [-0.1, -0.05) is 48.1 Å². The van der Waals surface area contributed by atoms with Crippen LogP contribution in [-0.4, -0.2) is 16.7 Å². The molecule has 25 heavy (non-hydrogen) atoms. The molecule has 5 heteroatoms. The molecule has 2 aromatic rings. The topological polar surface area (TPSA) is 59.1 Å². The van der Waals surface area contributed by atoms with Gasteiger partial charge in [-0.3, -0.25) is 9.59 Å². The lowest BCUT2D eigenvalue weighted by Crippen LogP contribution is -2.20. The second-order valence-electron chi connectivity index (χ2n) is 7.31. The minimum Gasteiger partial charge on any atom is -0.302 e. The number of Topliss-reactive ketones (excluding diaryl/α,β-unsaturated/α-hetero) is 1. The van der Waals surface area contributed by atoms with Crippen LogP contribution in [0.2, 0.25) is 0 Å². The minimum absolute atomic E-state index is 0.0232. The smallest absolute Gasteiger partial charge is 0.226 e. The molecule has 2 bridgehead atoms. The van der Waals surface area contributed by atoms with E-state index in [9.17, 15) is 9.59 Å². The van der Waals surface area contributed by atoms with Crippen LogP contribution in [0.1, 0.15) is 48.7 Å². The van der Waals surface area contributed by atoms with E-state index in [-0.39, 0.29) is 11.7 Å². The quantitative estimate of drug-likeness (QED) is 0.786. The van der Waals surface area contributed by atoms with E-state index < -0.39 is 0 Å². The van der Waals surface area contributed by atoms with Crippen LogP contribution in [0.15, 0.2) is 30.3 Å². The van der Waals surface area contributed by atoms with Gasteiger partial charge in [0, 0.05) is 18.9 Å². The first-order chi connectivity index (χ1) is 12.1. The Balaban J connectivity index is 1.49. The molecule has 1 aromatic carbocycles. The average Bonchev–Trinajstić information content (AvgIpc) is 3.30. The summed E-state index contributed by atoms with van der Waals surface area (Å²) < 4.78 is 0. The number of nitrogens with zero attached hydrogens (tertiary/aromatic N) is 1. The van der Waals surface area contributed by atoms with Gasteiger partial charge in [0.2, 0.25) is 5.91 Å². The zero-order chi connectivity index (χ0) is 17.4. The van der Waals surface area contributed by atoms with Gasteiger partial charge in [0.25, 0.3) is 0 Å². The monoisotopic (exact) mass is 354 g/mol. The Kier molecular flexibility index (Phi) is 4.42. The summed E-state index contributed by atoms with van der Waals surface area (Å²) in [4.78, 5) is 29.5. The van der Waals surface area contributed by atoms with Gasteiger partial charge >= 0.3 is 0 Å². The maximum absolute atomic E-state index is 12.4. The summed E-state index contributed by atoms with van der Waals surface area (Å²) in [6.07, 6.45) is 5.72. The van der Waals surface area contributed by atoms with E-state index in [1.807, 2.05) is 30.3 Å². The average molecular weight is 354 g/mol. The van der Waals surface area contributed by atoms with E-state index in [0.717, 1.165) is 17.4 Å². The van der Waals surface area contributed by atoms with Gasteiger partial charge in [-0.15, -0.1) is 0 Å². The molecule has 0 saturated heterocycles. The van der Waals surface area contributed by atoms with Crippen molar-refractivity contribution in [3.05, 3.63) is 35.2 Å². The fraction of sp³-hybridized carbons (Fsp3) is 0.450. The highest BCUT2D eigenvalue weighted by molar-refractivity contribution is 7.18. The lowest BCUT2D eigenvalue weighted by Gasteiger charge is -2.20. The number of ketones is 1. The third-order valence-electron chi connectivity index (χ3n) is 5.57. The predicted octanol–water partition coefficient (Wildman–Crippen LogP) is 4.78. The van der Waals surface area contributed by atoms with Crippen LogP contribution in [0.3, 0.4) is 0 Å². The maximum Gasteiger partial charge on any atom is 0.226 e. The van der Waals surface area contributed by atoms with E-state index in [0.29, 0.717) is 28.0 Å². The third-order valence-corrected chi connectivity index (χ3v) is 6.64. The highest BCUT2D eigenvalue weighted by Gasteiger charge is 2.40. The van der Waals surface area contributed by atoms with E-state index in [4.69, 9.17) is 0 Å². The van der Waals surface area contributed by atoms with Crippen molar-refractivity contribution in [2.75, 3.05) is 5.32 Å². The number of fused-ring (bicyclic) bond motifs is 2. The first-order valence-corrected chi connectivity index (χ1v) is 9.79. The molecule has 1 heterocycles. The molecule has 4 rings (SSSR count). The molecule has 0 unspecified atom stereocenters. The molecule has 2 saturated carbocycles. The second kappa shape index (κ2) is 6.71. The maximum atomic E-state index is 12.4. The molecular formula is C20H22N2O2S. The standard InChI is InChI=1S/C20H22N2O2S/c1-12(23)19-18(14-5-3-2-4-6-14)22-20(25-19)21-17(24)11-16-10-13-7-8-15(16)9-13/h2-6,13,15-16H,7-11H2,1H3,(H,21,22,24)/t13-,15+,16+/m0/s1. The SMILES string of the molecule is CC(=O)c1sc(NC(=O)C[C@H]2C[C@H]3CC[C@@H]2C3)nc1-c1ccccc1. The molecule has 130 valence electrons. The molecule has 1 N–H and O–H groups in total. The number of hydrogen-bond donors (Lipinski definition) is 1. The summed E-state index contributed by atoms with van der Waals surface area (Å²) in [6.45, 7) is 1.54. The van der Waals surface area contributed by atoms with Crippen molar-refractivity contribution in [2.45, 2.75) is 39.0 Å². The van der Waals surface area contributed by atoms with Crippen LogP contribution in [0.25, 0.3) is 11.3 Å². The van der Waals surface area contributed by atoms with Gasteiger partial charge in [-0.05, 0) is 37.0 Å². The molecule has 0 aliphatic heterocycles. The number of rotatable bonds is 5. The normalized spacial score (nSPS) is 24.4. The van der Waals surface area contributed by atoms with Crippen molar-refractivity contribution >= 4 is 28.2 Å². The Bertz CT molecular complexity index is 799. The van der Waals surface area contributed by atoms with Crippen molar-refractivity contribution in [1.29, 1.82) is 0 Å². The highest BCUT2D eigenvalue weighted by Crippen LogP contribution is 2.49. The number of benzene rings is 1. The Morgan fingerprint density at radius 1 is 1.20 bits per heavy atom. The molecule has 2 fully saturated rings. The Hall–Kier alpha value is -2.01. The number of amides is 1. The van der Waals surface area contributed by atoms with Gasteiger partial charge < -0.3 is 5.32 Å². The van der Waals surface area contributed by atoms with Gasteiger partial charge in [-0.25, -0.2) is 4.98 Å². The number of thiazole rings is 1. The van der Waals surface area contributed by atoms with E-state index in [1.54, 1.807) is 6.92 Å². The summed E-state index contributed by atoms with van der Waals surface area (Å²) in [6, 6.07) is 9.64. The summed E-state index contributed by atoms with van der Waals surface area (Å²) in [5.74, 6) is 2.11. The van der Waals surface area contributed by atoms with Crippen LogP contribution in [-0.2, 0) is 4.79 Å². The van der Waals surface area contributed by atoms with E-state index >= 15 is 0 Å². The lowest BCUT2D eigenvalue weighted by molar-refractivity contribution is -0.117. The zero-order valence-electron chi connectivity index (χ0n) is 14.3. The number of nitrogens with one attached hydrogen (secondary N) is 1. The zero-order valence-corrected chi connectivity index (χ0v) is 15.1. The molecule has 1 aromatic heterocycles. The Morgan fingerprint density at radius 2 is 2.00 bits per heavy atom. The summed E-state index contributed by atoms with van der Waals surface area (Å²) in [5, 5.41) is 3.46. The predicted molar refractivity (Wildman–Crippen MR) is 99.7 cm³/mol. The van der Waals surface area contributed by atoms with Gasteiger partial charge in [0.05, 0.1) is 10.6 Å². The van der Waals surface area contributed by atoms with Crippen molar-refractivity contribution in [3.8, 4) is 11.3 Å². The van der Waals surface area contributed by atoms with E-state index in [2.05, 4.69) is 10.3 Å². The van der Waals surface area contributed by atoms with Crippen molar-refractivity contribution < 1.29 is 9.59 Å². The molecule has 3 atom stereocenters. The molecule has 0 spiro atoms. The highest BCUT2D eigenvalue weighted by atomic mass is 32.1. The fourth-order valence-electron chi connectivity index (χ4n) is 4.44. The number of anilines is 1. The number of aromatic nitrogens is 1. The molecular weight excluding hydrogens is 332 g/mol. The summed E-state index contributed by atoms with van der Waals surface area (Å²) >= 11 is 1.27. The lowest BCUT2D eigenvalue weighted by atomic mass is 9.86. The van der Waals surface area contributed by atoms with Crippen molar-refractivity contribution in [3.63, 3.8) is 0 Å². The van der Waals surface area contributed by atoms with Crippen LogP contribution >= 0.6 is 11.3 Å². The molecule has 0 radical (unpaired) electrons. The number of carbonyl (C=O) groups excluding carboxylic acids is 2.